The van der Waals surface area contributed by atoms with Crippen LogP contribution in [-0.2, 0) is 6.54 Å². The Morgan fingerprint density at radius 3 is 2.53 bits per heavy atom. The standard InChI is InChI=1S/C17H25NO/c1-3-13-19-16-9-7-15(8-10-16)14-18-17(2)11-5-4-6-12-17/h3,7-10,18H,1,4-6,11-14H2,2H3. The summed E-state index contributed by atoms with van der Waals surface area (Å²) >= 11 is 0. The Bertz CT molecular complexity index is 390. The molecular formula is C17H25NO. The van der Waals surface area contributed by atoms with Crippen LogP contribution >= 0.6 is 0 Å². The molecule has 1 aliphatic rings. The average Bonchev–Trinajstić information content (AvgIpc) is 2.45. The summed E-state index contributed by atoms with van der Waals surface area (Å²) < 4.78 is 5.49. The van der Waals surface area contributed by atoms with Gasteiger partial charge in [0.2, 0.25) is 0 Å². The lowest BCUT2D eigenvalue weighted by molar-refractivity contribution is 0.252. The molecule has 0 atom stereocenters. The Kier molecular flexibility index (Phi) is 5.03. The van der Waals surface area contributed by atoms with Gasteiger partial charge in [-0.2, -0.15) is 0 Å². The van der Waals surface area contributed by atoms with Gasteiger partial charge in [-0.1, -0.05) is 44.1 Å². The Hall–Kier alpha value is -1.28. The van der Waals surface area contributed by atoms with Gasteiger partial charge in [0.05, 0.1) is 0 Å². The molecule has 2 heteroatoms. The normalized spacial score (nSPS) is 17.9. The quantitative estimate of drug-likeness (QED) is 0.778. The number of ether oxygens (including phenoxy) is 1. The van der Waals surface area contributed by atoms with E-state index in [1.807, 2.05) is 12.1 Å². The van der Waals surface area contributed by atoms with E-state index in [-0.39, 0.29) is 0 Å². The highest BCUT2D eigenvalue weighted by Crippen LogP contribution is 2.27. The second-order valence-corrected chi connectivity index (χ2v) is 5.72. The number of nitrogens with one attached hydrogen (secondary N) is 1. The van der Waals surface area contributed by atoms with E-state index in [1.54, 1.807) is 6.08 Å². The lowest BCUT2D eigenvalue weighted by Gasteiger charge is -2.34. The van der Waals surface area contributed by atoms with Crippen LogP contribution in [0.1, 0.15) is 44.6 Å². The topological polar surface area (TPSA) is 21.3 Å². The number of hydrogen-bond donors (Lipinski definition) is 1. The summed E-state index contributed by atoms with van der Waals surface area (Å²) in [7, 11) is 0. The number of benzene rings is 1. The summed E-state index contributed by atoms with van der Waals surface area (Å²) in [5.41, 5.74) is 1.65. The lowest BCUT2D eigenvalue weighted by atomic mass is 9.83. The summed E-state index contributed by atoms with van der Waals surface area (Å²) in [6.07, 6.45) is 8.47. The Balaban J connectivity index is 1.83. The van der Waals surface area contributed by atoms with Gasteiger partial charge in [-0.05, 0) is 37.5 Å². The molecule has 1 aromatic rings. The molecule has 2 rings (SSSR count). The van der Waals surface area contributed by atoms with Gasteiger partial charge < -0.3 is 10.1 Å². The highest BCUT2D eigenvalue weighted by atomic mass is 16.5. The first-order valence-electron chi connectivity index (χ1n) is 7.29. The van der Waals surface area contributed by atoms with Crippen LogP contribution in [0.15, 0.2) is 36.9 Å². The Morgan fingerprint density at radius 1 is 1.21 bits per heavy atom. The maximum absolute atomic E-state index is 5.49. The molecule has 0 spiro atoms. The first-order chi connectivity index (χ1) is 9.22. The molecule has 0 bridgehead atoms. The van der Waals surface area contributed by atoms with Gasteiger partial charge >= 0.3 is 0 Å². The van der Waals surface area contributed by atoms with Crippen LogP contribution in [0.5, 0.6) is 5.75 Å². The van der Waals surface area contributed by atoms with E-state index in [0.717, 1.165) is 12.3 Å². The molecule has 0 radical (unpaired) electrons. The third-order valence-corrected chi connectivity index (χ3v) is 3.97. The number of hydrogen-bond acceptors (Lipinski definition) is 2. The van der Waals surface area contributed by atoms with Crippen LogP contribution in [0.25, 0.3) is 0 Å². The van der Waals surface area contributed by atoms with E-state index >= 15 is 0 Å². The van der Waals surface area contributed by atoms with Gasteiger partial charge in [0.15, 0.2) is 0 Å². The Morgan fingerprint density at radius 2 is 1.89 bits per heavy atom. The molecular weight excluding hydrogens is 234 g/mol. The van der Waals surface area contributed by atoms with Gasteiger partial charge in [-0.3, -0.25) is 0 Å². The Labute approximate surface area is 116 Å². The third-order valence-electron chi connectivity index (χ3n) is 3.97. The van der Waals surface area contributed by atoms with Crippen molar-refractivity contribution in [1.82, 2.24) is 5.32 Å². The molecule has 1 aliphatic carbocycles. The van der Waals surface area contributed by atoms with Crippen LogP contribution in [0.4, 0.5) is 0 Å². The summed E-state index contributed by atoms with van der Waals surface area (Å²) in [6.45, 7) is 7.51. The summed E-state index contributed by atoms with van der Waals surface area (Å²) in [6, 6.07) is 8.34. The van der Waals surface area contributed by atoms with Crippen LogP contribution in [-0.4, -0.2) is 12.1 Å². The zero-order valence-electron chi connectivity index (χ0n) is 12.0. The van der Waals surface area contributed by atoms with Crippen LogP contribution in [0, 0.1) is 0 Å². The molecule has 0 amide bonds. The maximum Gasteiger partial charge on any atom is 0.119 e. The summed E-state index contributed by atoms with van der Waals surface area (Å²) in [5, 5.41) is 3.72. The average molecular weight is 259 g/mol. The van der Waals surface area contributed by atoms with E-state index in [4.69, 9.17) is 4.74 Å². The van der Waals surface area contributed by atoms with Crippen molar-refractivity contribution in [3.63, 3.8) is 0 Å². The molecule has 104 valence electrons. The first kappa shape index (κ1) is 14.1. The molecule has 1 saturated carbocycles. The van der Waals surface area contributed by atoms with Crippen molar-refractivity contribution in [3.05, 3.63) is 42.5 Å². The van der Waals surface area contributed by atoms with Crippen molar-refractivity contribution in [2.45, 2.75) is 51.1 Å². The van der Waals surface area contributed by atoms with Gasteiger partial charge in [0.1, 0.15) is 12.4 Å². The zero-order chi connectivity index (χ0) is 13.6. The van der Waals surface area contributed by atoms with E-state index in [1.165, 1.54) is 37.7 Å². The fourth-order valence-corrected chi connectivity index (χ4v) is 2.68. The van der Waals surface area contributed by atoms with Gasteiger partial charge in [-0.15, -0.1) is 0 Å². The molecule has 0 aliphatic heterocycles. The fraction of sp³-hybridized carbons (Fsp3) is 0.529. The van der Waals surface area contributed by atoms with Gasteiger partial charge in [0, 0.05) is 12.1 Å². The molecule has 2 nitrogen and oxygen atoms in total. The SMILES string of the molecule is C=CCOc1ccc(CNC2(C)CCCCC2)cc1. The molecule has 1 aromatic carbocycles. The minimum atomic E-state index is 0.330. The largest absolute Gasteiger partial charge is 0.490 e. The second-order valence-electron chi connectivity index (χ2n) is 5.72. The molecule has 1 N–H and O–H groups in total. The van der Waals surface area contributed by atoms with Crippen LogP contribution in [0.2, 0.25) is 0 Å². The molecule has 0 heterocycles. The molecule has 19 heavy (non-hydrogen) atoms. The van der Waals surface area contributed by atoms with Crippen molar-refractivity contribution in [2.24, 2.45) is 0 Å². The minimum Gasteiger partial charge on any atom is -0.490 e. The lowest BCUT2D eigenvalue weighted by Crippen LogP contribution is -2.43. The maximum atomic E-state index is 5.49. The number of rotatable bonds is 6. The van der Waals surface area contributed by atoms with Crippen molar-refractivity contribution < 1.29 is 4.74 Å². The van der Waals surface area contributed by atoms with E-state index < -0.39 is 0 Å². The molecule has 1 fully saturated rings. The molecule has 0 unspecified atom stereocenters. The van der Waals surface area contributed by atoms with E-state index in [0.29, 0.717) is 12.1 Å². The summed E-state index contributed by atoms with van der Waals surface area (Å²) in [5.74, 6) is 0.910. The van der Waals surface area contributed by atoms with Gasteiger partial charge in [0.25, 0.3) is 0 Å². The van der Waals surface area contributed by atoms with Crippen molar-refractivity contribution in [1.29, 1.82) is 0 Å². The monoisotopic (exact) mass is 259 g/mol. The van der Waals surface area contributed by atoms with Crippen LogP contribution in [0.3, 0.4) is 0 Å². The van der Waals surface area contributed by atoms with E-state index in [2.05, 4.69) is 31.0 Å². The van der Waals surface area contributed by atoms with Gasteiger partial charge in [-0.25, -0.2) is 0 Å². The predicted octanol–water partition coefficient (Wildman–Crippen LogP) is 4.06. The predicted molar refractivity (Wildman–Crippen MR) is 80.5 cm³/mol. The van der Waals surface area contributed by atoms with Crippen LogP contribution < -0.4 is 10.1 Å². The second kappa shape index (κ2) is 6.76. The first-order valence-corrected chi connectivity index (χ1v) is 7.29. The zero-order valence-corrected chi connectivity index (χ0v) is 12.0. The highest BCUT2D eigenvalue weighted by Gasteiger charge is 2.25. The molecule has 0 aromatic heterocycles. The molecule has 0 saturated heterocycles. The van der Waals surface area contributed by atoms with Crippen molar-refractivity contribution in [2.75, 3.05) is 6.61 Å². The third kappa shape index (κ3) is 4.39. The van der Waals surface area contributed by atoms with Crippen molar-refractivity contribution >= 4 is 0 Å². The highest BCUT2D eigenvalue weighted by molar-refractivity contribution is 5.27. The summed E-state index contributed by atoms with van der Waals surface area (Å²) in [4.78, 5) is 0. The smallest absolute Gasteiger partial charge is 0.119 e. The fourth-order valence-electron chi connectivity index (χ4n) is 2.68. The minimum absolute atomic E-state index is 0.330. The van der Waals surface area contributed by atoms with Crippen molar-refractivity contribution in [3.8, 4) is 5.75 Å². The van der Waals surface area contributed by atoms with E-state index in [9.17, 15) is 0 Å².